The van der Waals surface area contributed by atoms with Crippen LogP contribution in [0.3, 0.4) is 0 Å². The molecule has 4 N–H and O–H groups in total. The van der Waals surface area contributed by atoms with Crippen LogP contribution in [0.1, 0.15) is 0 Å². The maximum atomic E-state index is 11.1. The Morgan fingerprint density at radius 3 is 2.92 bits per heavy atom. The van der Waals surface area contributed by atoms with Crippen LogP contribution in [0.25, 0.3) is 20.7 Å². The number of hydrogen-bond donors (Lipinski definition) is 3. The molecule has 0 fully saturated rings. The van der Waals surface area contributed by atoms with Gasteiger partial charge < -0.3 is 20.3 Å². The second-order valence-electron chi connectivity index (χ2n) is 4.59. The minimum absolute atomic E-state index is 0.194. The van der Waals surface area contributed by atoms with Crippen molar-refractivity contribution in [3.8, 4) is 21.6 Å². The summed E-state index contributed by atoms with van der Waals surface area (Å²) in [5.74, 6) is 0.194. The molecule has 0 amide bonds. The zero-order valence-corrected chi connectivity index (χ0v) is 15.2. The van der Waals surface area contributed by atoms with E-state index in [1.165, 1.54) is 22.7 Å². The molecule has 24 heavy (non-hydrogen) atoms. The average molecular weight is 399 g/mol. The number of thiophene rings is 1. The van der Waals surface area contributed by atoms with Crippen LogP contribution < -0.4 is 10.5 Å². The third-order valence-corrected chi connectivity index (χ3v) is 5.81. The Balaban J connectivity index is 2.22. The van der Waals surface area contributed by atoms with Crippen molar-refractivity contribution < 1.29 is 19.1 Å². The number of anilines is 1. The van der Waals surface area contributed by atoms with Crippen molar-refractivity contribution >= 4 is 57.4 Å². The second-order valence-corrected chi connectivity index (χ2v) is 8.98. The Bertz CT molecular complexity index is 975. The van der Waals surface area contributed by atoms with E-state index in [-0.39, 0.29) is 5.75 Å². The summed E-state index contributed by atoms with van der Waals surface area (Å²) in [5, 5.41) is 13.3. The van der Waals surface area contributed by atoms with Gasteiger partial charge in [0.1, 0.15) is 16.7 Å². The van der Waals surface area contributed by atoms with Crippen molar-refractivity contribution in [2.24, 2.45) is 0 Å². The predicted molar refractivity (Wildman–Crippen MR) is 96.4 cm³/mol. The summed E-state index contributed by atoms with van der Waals surface area (Å²) in [5.41, 5.74) is 7.07. The number of hydrogen-bond acceptors (Lipinski definition) is 8. The minimum Gasteiger partial charge on any atom is -0.479 e. The van der Waals surface area contributed by atoms with Gasteiger partial charge in [-0.2, -0.15) is 5.26 Å². The number of thioether (sulfide) groups is 1. The summed E-state index contributed by atoms with van der Waals surface area (Å²) < 4.78 is 17.1. The van der Waals surface area contributed by atoms with E-state index in [0.717, 1.165) is 26.9 Å². The van der Waals surface area contributed by atoms with Gasteiger partial charge in [0.2, 0.25) is 0 Å². The smallest absolute Gasteiger partial charge is 0.362 e. The SMILES string of the molecule is N#CSc1cc(OCP(=O)(O)O)c2nc(N)sc2c1-c1cccs1. The molecular weight excluding hydrogens is 389 g/mol. The highest BCUT2D eigenvalue weighted by Crippen LogP contribution is 2.47. The van der Waals surface area contributed by atoms with Crippen molar-refractivity contribution in [3.63, 3.8) is 0 Å². The number of nitrogen functional groups attached to an aromatic ring is 1. The molecule has 0 saturated heterocycles. The van der Waals surface area contributed by atoms with E-state index in [1.807, 2.05) is 22.9 Å². The third-order valence-electron chi connectivity index (χ3n) is 2.92. The summed E-state index contributed by atoms with van der Waals surface area (Å²) in [6.45, 7) is 0. The van der Waals surface area contributed by atoms with E-state index in [4.69, 9.17) is 25.5 Å². The summed E-state index contributed by atoms with van der Waals surface area (Å²) in [6.07, 6.45) is -0.769. The molecule has 3 aromatic rings. The van der Waals surface area contributed by atoms with Gasteiger partial charge in [-0.3, -0.25) is 4.57 Å². The van der Waals surface area contributed by atoms with E-state index in [1.54, 1.807) is 6.07 Å². The number of thiazole rings is 1. The lowest BCUT2D eigenvalue weighted by Crippen LogP contribution is -1.99. The molecule has 0 saturated carbocycles. The number of nitrogens with two attached hydrogens (primary N) is 1. The van der Waals surface area contributed by atoms with E-state index in [2.05, 4.69) is 4.98 Å². The molecule has 1 aromatic carbocycles. The Labute approximate surface area is 148 Å². The summed E-state index contributed by atoms with van der Waals surface area (Å²) in [4.78, 5) is 23.8. The maximum Gasteiger partial charge on any atom is 0.362 e. The normalized spacial score (nSPS) is 11.5. The summed E-state index contributed by atoms with van der Waals surface area (Å²) in [6, 6.07) is 5.39. The predicted octanol–water partition coefficient (Wildman–Crippen LogP) is 3.69. The van der Waals surface area contributed by atoms with Crippen LogP contribution in [0.5, 0.6) is 5.75 Å². The van der Waals surface area contributed by atoms with Gasteiger partial charge in [-0.1, -0.05) is 17.4 Å². The molecule has 0 aliphatic carbocycles. The number of rotatable bonds is 5. The molecule has 0 atom stereocenters. The largest absolute Gasteiger partial charge is 0.479 e. The van der Waals surface area contributed by atoms with Gasteiger partial charge in [0.05, 0.1) is 4.70 Å². The Morgan fingerprint density at radius 2 is 2.29 bits per heavy atom. The molecule has 0 spiro atoms. The molecule has 0 aliphatic rings. The molecule has 3 rings (SSSR count). The molecule has 11 heteroatoms. The van der Waals surface area contributed by atoms with Crippen molar-refractivity contribution in [1.29, 1.82) is 5.26 Å². The Hall–Kier alpha value is -1.60. The first-order valence-electron chi connectivity index (χ1n) is 6.39. The van der Waals surface area contributed by atoms with Gasteiger partial charge in [-0.15, -0.1) is 11.3 Å². The van der Waals surface area contributed by atoms with Crippen molar-refractivity contribution in [3.05, 3.63) is 23.6 Å². The summed E-state index contributed by atoms with van der Waals surface area (Å²) in [7, 11) is -4.34. The third kappa shape index (κ3) is 3.57. The van der Waals surface area contributed by atoms with Gasteiger partial charge in [-0.25, -0.2) is 4.98 Å². The summed E-state index contributed by atoms with van der Waals surface area (Å²) >= 11 is 3.70. The first kappa shape index (κ1) is 17.2. The first-order valence-corrected chi connectivity index (χ1v) is 10.7. The van der Waals surface area contributed by atoms with Gasteiger partial charge in [0.15, 0.2) is 11.5 Å². The van der Waals surface area contributed by atoms with Gasteiger partial charge >= 0.3 is 7.60 Å². The number of fused-ring (bicyclic) bond motifs is 1. The number of nitrogens with zero attached hydrogens (tertiary/aromatic N) is 2. The van der Waals surface area contributed by atoms with Crippen LogP contribution >= 0.6 is 42.0 Å². The van der Waals surface area contributed by atoms with E-state index >= 15 is 0 Å². The molecule has 7 nitrogen and oxygen atoms in total. The van der Waals surface area contributed by atoms with E-state index in [9.17, 15) is 4.57 Å². The minimum atomic E-state index is -4.34. The quantitative estimate of drug-likeness (QED) is 0.336. The molecule has 0 aliphatic heterocycles. The number of nitriles is 1. The highest BCUT2D eigenvalue weighted by Gasteiger charge is 2.22. The molecule has 0 unspecified atom stereocenters. The van der Waals surface area contributed by atoms with Crippen molar-refractivity contribution in [2.45, 2.75) is 4.90 Å². The second kappa shape index (κ2) is 6.72. The van der Waals surface area contributed by atoms with Gasteiger partial charge in [-0.05, 0) is 29.3 Å². The lowest BCUT2D eigenvalue weighted by Gasteiger charge is -2.12. The Morgan fingerprint density at radius 1 is 1.50 bits per heavy atom. The van der Waals surface area contributed by atoms with Crippen LogP contribution in [-0.2, 0) is 4.57 Å². The Kier molecular flexibility index (Phi) is 4.83. The molecule has 0 radical (unpaired) electrons. The molecule has 2 heterocycles. The molecule has 0 bridgehead atoms. The number of benzene rings is 1. The van der Waals surface area contributed by atoms with Crippen LogP contribution in [-0.4, -0.2) is 21.1 Å². The van der Waals surface area contributed by atoms with E-state index in [0.29, 0.717) is 15.5 Å². The maximum absolute atomic E-state index is 11.1. The van der Waals surface area contributed by atoms with Crippen LogP contribution in [0.4, 0.5) is 5.13 Å². The number of thiocyanates is 1. The zero-order chi connectivity index (χ0) is 17.3. The van der Waals surface area contributed by atoms with Crippen molar-refractivity contribution in [1.82, 2.24) is 4.98 Å². The van der Waals surface area contributed by atoms with Crippen LogP contribution in [0, 0.1) is 10.7 Å². The lowest BCUT2D eigenvalue weighted by atomic mass is 10.1. The highest BCUT2D eigenvalue weighted by molar-refractivity contribution is 8.03. The molecule has 2 aromatic heterocycles. The topological polar surface area (TPSA) is 129 Å². The van der Waals surface area contributed by atoms with Crippen molar-refractivity contribution in [2.75, 3.05) is 12.1 Å². The zero-order valence-electron chi connectivity index (χ0n) is 11.9. The number of ether oxygens (including phenoxy) is 1. The van der Waals surface area contributed by atoms with Gasteiger partial charge in [0, 0.05) is 15.3 Å². The fraction of sp³-hybridized carbons (Fsp3) is 0.0769. The monoisotopic (exact) mass is 399 g/mol. The lowest BCUT2D eigenvalue weighted by molar-refractivity contribution is 0.302. The van der Waals surface area contributed by atoms with E-state index < -0.39 is 13.9 Å². The average Bonchev–Trinajstić information content (AvgIpc) is 3.13. The van der Waals surface area contributed by atoms with Gasteiger partial charge in [0.25, 0.3) is 0 Å². The standard InChI is InChI=1S/C13H10N3O4PS3/c14-5-23-9-4-7(20-6-21(17,18)19)11-12(24-13(15)16-11)10(9)8-2-1-3-22-8/h1-4H,6H2,(H2,15,16)(H2,17,18,19). The first-order chi connectivity index (χ1) is 11.4. The molecule has 124 valence electrons. The molecular formula is C13H10N3O4PS3. The fourth-order valence-corrected chi connectivity index (χ4v) is 4.87. The fourth-order valence-electron chi connectivity index (χ4n) is 2.09. The van der Waals surface area contributed by atoms with Crippen LogP contribution in [0.15, 0.2) is 28.5 Å². The van der Waals surface area contributed by atoms with Crippen LogP contribution in [0.2, 0.25) is 0 Å². The highest BCUT2D eigenvalue weighted by atomic mass is 32.2. The number of aromatic nitrogens is 1.